The second-order valence-corrected chi connectivity index (χ2v) is 5.00. The van der Waals surface area contributed by atoms with Crippen LogP contribution in [0.5, 0.6) is 5.75 Å². The molecule has 2 aromatic heterocycles. The Hall–Kier alpha value is -3.21. The number of fused-ring (bicyclic) bond motifs is 1. The maximum atomic E-state index is 5.48. The van der Waals surface area contributed by atoms with E-state index in [9.17, 15) is 0 Å². The molecule has 0 atom stereocenters. The number of ether oxygens (including phenoxy) is 1. The van der Waals surface area contributed by atoms with Crippen LogP contribution < -0.4 is 4.74 Å². The summed E-state index contributed by atoms with van der Waals surface area (Å²) in [5.74, 6) is 1.56. The Morgan fingerprint density at radius 2 is 1.83 bits per heavy atom. The highest BCUT2D eigenvalue weighted by molar-refractivity contribution is 5.97. The van der Waals surface area contributed by atoms with Crippen LogP contribution in [0.3, 0.4) is 0 Å². The fourth-order valence-electron chi connectivity index (χ4n) is 2.57. The van der Waals surface area contributed by atoms with Crippen molar-refractivity contribution < 1.29 is 9.26 Å². The molecule has 4 rings (SSSR count). The third kappa shape index (κ3) is 2.32. The summed E-state index contributed by atoms with van der Waals surface area (Å²) in [5.41, 5.74) is 1.46. The molecule has 2 heterocycles. The molecule has 23 heavy (non-hydrogen) atoms. The number of benzene rings is 2. The van der Waals surface area contributed by atoms with E-state index in [1.54, 1.807) is 13.3 Å². The maximum absolute atomic E-state index is 5.48. The highest BCUT2D eigenvalue weighted by Crippen LogP contribution is 2.36. The smallest absolute Gasteiger partial charge is 0.262 e. The molecule has 0 bridgehead atoms. The summed E-state index contributed by atoms with van der Waals surface area (Å²) in [7, 11) is 1.63. The van der Waals surface area contributed by atoms with Gasteiger partial charge in [-0.25, -0.2) is 0 Å². The van der Waals surface area contributed by atoms with E-state index in [-0.39, 0.29) is 0 Å². The van der Waals surface area contributed by atoms with Gasteiger partial charge in [0.05, 0.1) is 12.7 Å². The zero-order valence-corrected chi connectivity index (χ0v) is 12.4. The predicted molar refractivity (Wildman–Crippen MR) is 87.0 cm³/mol. The molecule has 0 saturated heterocycles. The highest BCUT2D eigenvalue weighted by Gasteiger charge is 2.18. The van der Waals surface area contributed by atoms with Gasteiger partial charge in [-0.3, -0.25) is 4.98 Å². The third-order valence-electron chi connectivity index (χ3n) is 3.64. The highest BCUT2D eigenvalue weighted by atomic mass is 16.5. The van der Waals surface area contributed by atoms with E-state index in [0.29, 0.717) is 23.2 Å². The molecular formula is C18H13N3O2. The van der Waals surface area contributed by atoms with Crippen LogP contribution >= 0.6 is 0 Å². The normalized spacial score (nSPS) is 10.8. The van der Waals surface area contributed by atoms with Crippen molar-refractivity contribution in [1.29, 1.82) is 0 Å². The second-order valence-electron chi connectivity index (χ2n) is 5.00. The average molecular weight is 303 g/mol. The first-order valence-corrected chi connectivity index (χ1v) is 7.18. The van der Waals surface area contributed by atoms with Crippen LogP contribution in [0.15, 0.2) is 65.3 Å². The van der Waals surface area contributed by atoms with Gasteiger partial charge in [0, 0.05) is 6.20 Å². The molecule has 0 amide bonds. The van der Waals surface area contributed by atoms with Crippen molar-refractivity contribution in [3.63, 3.8) is 0 Å². The Bertz CT molecular complexity index is 964. The van der Waals surface area contributed by atoms with Gasteiger partial charge in [0.1, 0.15) is 11.4 Å². The number of nitrogens with zero attached hydrogens (tertiary/aromatic N) is 3. The van der Waals surface area contributed by atoms with Crippen molar-refractivity contribution in [1.82, 2.24) is 15.1 Å². The van der Waals surface area contributed by atoms with Gasteiger partial charge in [0.15, 0.2) is 0 Å². The Morgan fingerprint density at radius 3 is 2.65 bits per heavy atom. The molecule has 0 fully saturated rings. The Kier molecular flexibility index (Phi) is 3.24. The van der Waals surface area contributed by atoms with E-state index >= 15 is 0 Å². The minimum Gasteiger partial charge on any atom is -0.496 e. The van der Waals surface area contributed by atoms with Crippen LogP contribution in [-0.2, 0) is 0 Å². The molecule has 112 valence electrons. The lowest BCUT2D eigenvalue weighted by atomic mass is 10.0. The number of rotatable bonds is 3. The van der Waals surface area contributed by atoms with Gasteiger partial charge < -0.3 is 9.26 Å². The summed E-state index contributed by atoms with van der Waals surface area (Å²) in [6.07, 6.45) is 1.70. The Morgan fingerprint density at radius 1 is 0.957 bits per heavy atom. The summed E-state index contributed by atoms with van der Waals surface area (Å²) in [4.78, 5) is 8.73. The topological polar surface area (TPSA) is 61.0 Å². The molecule has 0 aliphatic rings. The monoisotopic (exact) mass is 303 g/mol. The zero-order valence-electron chi connectivity index (χ0n) is 12.4. The van der Waals surface area contributed by atoms with Crippen LogP contribution in [0, 0.1) is 0 Å². The molecular weight excluding hydrogens is 290 g/mol. The number of pyridine rings is 1. The van der Waals surface area contributed by atoms with Gasteiger partial charge in [0.25, 0.3) is 5.89 Å². The summed E-state index contributed by atoms with van der Waals surface area (Å²) >= 11 is 0. The molecule has 2 aromatic carbocycles. The van der Waals surface area contributed by atoms with Crippen LogP contribution in [0.1, 0.15) is 0 Å². The van der Waals surface area contributed by atoms with Gasteiger partial charge in [0.2, 0.25) is 5.82 Å². The van der Waals surface area contributed by atoms with Gasteiger partial charge in [-0.1, -0.05) is 41.6 Å². The number of aromatic nitrogens is 3. The SMILES string of the molecule is COc1ccc2ccccc2c1-c1nc(-c2ccccn2)no1. The third-order valence-corrected chi connectivity index (χ3v) is 3.64. The quantitative estimate of drug-likeness (QED) is 0.573. The summed E-state index contributed by atoms with van der Waals surface area (Å²) in [6.45, 7) is 0. The minimum absolute atomic E-state index is 0.416. The van der Waals surface area contributed by atoms with Crippen molar-refractivity contribution in [2.75, 3.05) is 7.11 Å². The summed E-state index contributed by atoms with van der Waals surface area (Å²) in [6, 6.07) is 17.5. The second kappa shape index (κ2) is 5.53. The van der Waals surface area contributed by atoms with Gasteiger partial charge in [-0.05, 0) is 29.0 Å². The van der Waals surface area contributed by atoms with E-state index in [1.807, 2.05) is 54.6 Å². The molecule has 0 aliphatic carbocycles. The largest absolute Gasteiger partial charge is 0.496 e. The fraction of sp³-hybridized carbons (Fsp3) is 0.0556. The van der Waals surface area contributed by atoms with E-state index in [1.165, 1.54) is 0 Å². The first-order valence-electron chi connectivity index (χ1n) is 7.18. The molecule has 0 radical (unpaired) electrons. The summed E-state index contributed by atoms with van der Waals surface area (Å²) in [5, 5.41) is 6.13. The van der Waals surface area contributed by atoms with Crippen molar-refractivity contribution in [2.24, 2.45) is 0 Å². The molecule has 0 spiro atoms. The lowest BCUT2D eigenvalue weighted by molar-refractivity contribution is 0.406. The van der Waals surface area contributed by atoms with Crippen molar-refractivity contribution in [3.8, 4) is 28.7 Å². The van der Waals surface area contributed by atoms with E-state index in [2.05, 4.69) is 15.1 Å². The van der Waals surface area contributed by atoms with Crippen LogP contribution in [-0.4, -0.2) is 22.2 Å². The van der Waals surface area contributed by atoms with E-state index < -0.39 is 0 Å². The Labute approximate surface area is 132 Å². The van der Waals surface area contributed by atoms with Gasteiger partial charge in [-0.2, -0.15) is 4.98 Å². The molecule has 0 saturated carbocycles. The summed E-state index contributed by atoms with van der Waals surface area (Å²) < 4.78 is 11.0. The number of hydrogen-bond acceptors (Lipinski definition) is 5. The Balaban J connectivity index is 1.91. The van der Waals surface area contributed by atoms with Crippen molar-refractivity contribution in [3.05, 3.63) is 60.8 Å². The fourth-order valence-corrected chi connectivity index (χ4v) is 2.57. The lowest BCUT2D eigenvalue weighted by Gasteiger charge is -2.08. The maximum Gasteiger partial charge on any atom is 0.262 e. The zero-order chi connectivity index (χ0) is 15.6. The number of hydrogen-bond donors (Lipinski definition) is 0. The minimum atomic E-state index is 0.416. The van der Waals surface area contributed by atoms with Crippen LogP contribution in [0.2, 0.25) is 0 Å². The standard InChI is InChI=1S/C18H13N3O2/c1-22-15-10-9-12-6-2-3-7-13(12)16(15)18-20-17(21-23-18)14-8-4-5-11-19-14/h2-11H,1H3. The molecule has 0 N–H and O–H groups in total. The van der Waals surface area contributed by atoms with Crippen LogP contribution in [0.4, 0.5) is 0 Å². The van der Waals surface area contributed by atoms with E-state index in [4.69, 9.17) is 9.26 Å². The van der Waals surface area contributed by atoms with Crippen molar-refractivity contribution >= 4 is 10.8 Å². The number of methoxy groups -OCH3 is 1. The average Bonchev–Trinajstić information content (AvgIpc) is 3.11. The first kappa shape index (κ1) is 13.5. The molecule has 0 aliphatic heterocycles. The molecule has 5 heteroatoms. The van der Waals surface area contributed by atoms with Crippen molar-refractivity contribution in [2.45, 2.75) is 0 Å². The lowest BCUT2D eigenvalue weighted by Crippen LogP contribution is -1.90. The molecule has 0 unspecified atom stereocenters. The predicted octanol–water partition coefficient (Wildman–Crippen LogP) is 3.96. The van der Waals surface area contributed by atoms with E-state index in [0.717, 1.165) is 16.3 Å². The molecule has 5 nitrogen and oxygen atoms in total. The first-order chi connectivity index (χ1) is 11.4. The van der Waals surface area contributed by atoms with Gasteiger partial charge >= 0.3 is 0 Å². The van der Waals surface area contributed by atoms with Crippen LogP contribution in [0.25, 0.3) is 33.7 Å². The molecule has 4 aromatic rings. The van der Waals surface area contributed by atoms with Gasteiger partial charge in [-0.15, -0.1) is 0 Å².